The number of hydrogen-bond acceptors (Lipinski definition) is 6. The van der Waals surface area contributed by atoms with Crippen molar-refractivity contribution in [2.24, 2.45) is 0 Å². The van der Waals surface area contributed by atoms with E-state index < -0.39 is 0 Å². The van der Waals surface area contributed by atoms with Crippen LogP contribution in [-0.4, -0.2) is 19.9 Å². The van der Waals surface area contributed by atoms with E-state index in [0.717, 1.165) is 67.5 Å². The molecular weight excluding hydrogens is 613 g/mol. The molecule has 6 heteroatoms. The van der Waals surface area contributed by atoms with Crippen molar-refractivity contribution < 1.29 is 0 Å². The lowest BCUT2D eigenvalue weighted by molar-refractivity contribution is 1.21. The molecule has 0 amide bonds. The largest absolute Gasteiger partial charge is 0.344 e. The van der Waals surface area contributed by atoms with E-state index in [0.29, 0.717) is 0 Å². The van der Waals surface area contributed by atoms with Crippen LogP contribution in [0, 0.1) is 0 Å². The van der Waals surface area contributed by atoms with Crippen molar-refractivity contribution in [3.63, 3.8) is 0 Å². The van der Waals surface area contributed by atoms with Crippen molar-refractivity contribution >= 4 is 0 Å². The first-order valence-corrected chi connectivity index (χ1v) is 16.0. The minimum Gasteiger partial charge on any atom is -0.344 e. The molecule has 4 heterocycles. The predicted molar refractivity (Wildman–Crippen MR) is 206 cm³/mol. The normalized spacial score (nSPS) is 10.5. The van der Waals surface area contributed by atoms with Crippen molar-refractivity contribution in [3.8, 4) is 78.7 Å². The Morgan fingerprint density at radius 1 is 0.240 bits per heavy atom. The summed E-state index contributed by atoms with van der Waals surface area (Å²) in [6, 6.07) is 58.5. The van der Waals surface area contributed by atoms with Crippen LogP contribution < -0.4 is 12.3 Å². The lowest BCUT2D eigenvalue weighted by Gasteiger charge is -2.13. The molecule has 242 valence electrons. The number of hydrogen-bond donors (Lipinski definition) is 2. The number of rotatable bonds is 7. The molecule has 4 aromatic carbocycles. The Bertz CT molecular complexity index is 2160. The number of pyridine rings is 4. The van der Waals surface area contributed by atoms with E-state index in [-0.39, 0.29) is 12.3 Å². The van der Waals surface area contributed by atoms with Crippen LogP contribution in [0.15, 0.2) is 182 Å². The number of benzene rings is 4. The Labute approximate surface area is 292 Å². The summed E-state index contributed by atoms with van der Waals surface area (Å²) < 4.78 is 0. The first kappa shape index (κ1) is 33.3. The molecule has 4 aromatic heterocycles. The molecule has 8 aromatic rings. The van der Waals surface area contributed by atoms with E-state index >= 15 is 0 Å². The Balaban J connectivity index is 0.00000216. The van der Waals surface area contributed by atoms with E-state index in [4.69, 9.17) is 9.97 Å². The molecule has 0 aliphatic rings. The van der Waals surface area contributed by atoms with Crippen LogP contribution >= 0.6 is 0 Å². The highest BCUT2D eigenvalue weighted by Crippen LogP contribution is 2.35. The fraction of sp³-hybridized carbons (Fsp3) is 0. The molecule has 0 radical (unpaired) electrons. The summed E-state index contributed by atoms with van der Waals surface area (Å²) in [5.41, 5.74) is 13.6. The van der Waals surface area contributed by atoms with Gasteiger partial charge < -0.3 is 12.3 Å². The van der Waals surface area contributed by atoms with Crippen LogP contribution in [0.2, 0.25) is 0 Å². The van der Waals surface area contributed by atoms with E-state index in [1.807, 2.05) is 48.5 Å². The minimum absolute atomic E-state index is 0. The summed E-state index contributed by atoms with van der Waals surface area (Å²) in [6.07, 6.45) is 3.61. The Kier molecular flexibility index (Phi) is 10.1. The Morgan fingerprint density at radius 3 is 0.920 bits per heavy atom. The maximum absolute atomic E-state index is 5.17. The molecular formula is C44H36N6. The predicted octanol–water partition coefficient (Wildman–Crippen LogP) is 11.3. The third kappa shape index (κ3) is 7.12. The van der Waals surface area contributed by atoms with Gasteiger partial charge in [0.25, 0.3) is 0 Å². The quantitative estimate of drug-likeness (QED) is 0.177. The van der Waals surface area contributed by atoms with Gasteiger partial charge in [0.05, 0.1) is 34.2 Å². The van der Waals surface area contributed by atoms with Gasteiger partial charge in [-0.1, -0.05) is 109 Å². The highest BCUT2D eigenvalue weighted by Gasteiger charge is 2.15. The smallest absolute Gasteiger partial charge is 0.0901 e. The van der Waals surface area contributed by atoms with Gasteiger partial charge in [-0.2, -0.15) is 0 Å². The number of aromatic nitrogens is 4. The van der Waals surface area contributed by atoms with Gasteiger partial charge in [0.15, 0.2) is 0 Å². The van der Waals surface area contributed by atoms with Crippen molar-refractivity contribution in [1.29, 1.82) is 0 Å². The summed E-state index contributed by atoms with van der Waals surface area (Å²) >= 11 is 0. The van der Waals surface area contributed by atoms with Crippen LogP contribution in [0.1, 0.15) is 0 Å². The molecule has 0 fully saturated rings. The fourth-order valence-corrected chi connectivity index (χ4v) is 5.97. The second-order valence-corrected chi connectivity index (χ2v) is 11.6. The highest BCUT2D eigenvalue weighted by atomic mass is 14.8. The van der Waals surface area contributed by atoms with Crippen molar-refractivity contribution in [1.82, 2.24) is 32.2 Å². The van der Waals surface area contributed by atoms with Crippen molar-refractivity contribution in [2.75, 3.05) is 0 Å². The summed E-state index contributed by atoms with van der Waals surface area (Å²) in [6.45, 7) is 0. The molecule has 0 spiro atoms. The second kappa shape index (κ2) is 15.1. The molecule has 6 N–H and O–H groups in total. The maximum atomic E-state index is 5.17. The van der Waals surface area contributed by atoms with E-state index in [1.54, 1.807) is 12.4 Å². The molecule has 0 aliphatic carbocycles. The average molecular weight is 649 g/mol. The van der Waals surface area contributed by atoms with Gasteiger partial charge in [0.1, 0.15) is 0 Å². The molecule has 6 nitrogen and oxygen atoms in total. The zero-order chi connectivity index (χ0) is 32.1. The molecule has 0 saturated carbocycles. The van der Waals surface area contributed by atoms with E-state index in [2.05, 4.69) is 131 Å². The van der Waals surface area contributed by atoms with Gasteiger partial charge in [0, 0.05) is 12.4 Å². The van der Waals surface area contributed by atoms with Crippen LogP contribution in [0.5, 0.6) is 0 Å². The average Bonchev–Trinajstić information content (AvgIpc) is 3.19. The van der Waals surface area contributed by atoms with Crippen LogP contribution in [-0.2, 0) is 0 Å². The molecule has 0 unspecified atom stereocenters. The lowest BCUT2D eigenvalue weighted by Crippen LogP contribution is -1.97. The van der Waals surface area contributed by atoms with Crippen LogP contribution in [0.25, 0.3) is 78.7 Å². The molecule has 0 saturated heterocycles. The van der Waals surface area contributed by atoms with Crippen molar-refractivity contribution in [2.45, 2.75) is 0 Å². The van der Waals surface area contributed by atoms with Gasteiger partial charge in [-0.25, -0.2) is 9.97 Å². The molecule has 0 bridgehead atoms. The van der Waals surface area contributed by atoms with E-state index in [1.165, 1.54) is 11.1 Å². The first-order chi connectivity index (χ1) is 23.8. The summed E-state index contributed by atoms with van der Waals surface area (Å²) in [5.74, 6) is 0. The third-order valence-electron chi connectivity index (χ3n) is 8.37. The van der Waals surface area contributed by atoms with Gasteiger partial charge in [-0.05, 0) is 105 Å². The second-order valence-electron chi connectivity index (χ2n) is 11.6. The Morgan fingerprint density at radius 2 is 0.560 bits per heavy atom. The molecule has 8 rings (SSSR count). The zero-order valence-corrected chi connectivity index (χ0v) is 27.5. The topological polar surface area (TPSA) is 122 Å². The lowest BCUT2D eigenvalue weighted by atomic mass is 9.96. The fourth-order valence-electron chi connectivity index (χ4n) is 5.97. The monoisotopic (exact) mass is 648 g/mol. The maximum Gasteiger partial charge on any atom is 0.0901 e. The van der Waals surface area contributed by atoms with E-state index in [9.17, 15) is 0 Å². The highest BCUT2D eigenvalue weighted by molar-refractivity contribution is 5.82. The van der Waals surface area contributed by atoms with Gasteiger partial charge in [-0.3, -0.25) is 9.97 Å². The zero-order valence-electron chi connectivity index (χ0n) is 27.5. The van der Waals surface area contributed by atoms with Crippen LogP contribution in [0.3, 0.4) is 0 Å². The van der Waals surface area contributed by atoms with Gasteiger partial charge in [0.2, 0.25) is 0 Å². The standard InChI is InChI=1S/C44H30N4.2H3N/c1-3-13-31(14-4-1)33-17-11-19-35(25-33)37-27-41(39-21-7-9-23-45-39)47-43(29-37)44-30-38(28-42(48-44)40-22-8-10-24-46-40)36-20-12-18-34(26-36)32-15-5-2-6-16-32;;/h1-30H;2*1H3. The van der Waals surface area contributed by atoms with Gasteiger partial charge in [-0.15, -0.1) is 0 Å². The SMILES string of the molecule is N.N.c1ccc(-c2cccc(-c3cc(-c4ccccn4)nc(-c4cc(-c5cccc(-c6ccccc6)c5)cc(-c5ccccn5)n4)c3)c2)cc1. The minimum atomic E-state index is 0. The molecule has 0 aliphatic heterocycles. The van der Waals surface area contributed by atoms with Crippen LogP contribution in [0.4, 0.5) is 0 Å². The molecule has 50 heavy (non-hydrogen) atoms. The summed E-state index contributed by atoms with van der Waals surface area (Å²) in [5, 5.41) is 0. The first-order valence-electron chi connectivity index (χ1n) is 16.0. The van der Waals surface area contributed by atoms with Crippen molar-refractivity contribution in [3.05, 3.63) is 182 Å². The number of nitrogens with zero attached hydrogens (tertiary/aromatic N) is 4. The molecule has 0 atom stereocenters. The Hall–Kier alpha value is -6.60. The van der Waals surface area contributed by atoms with Gasteiger partial charge >= 0.3 is 0 Å². The third-order valence-corrected chi connectivity index (χ3v) is 8.37. The summed E-state index contributed by atoms with van der Waals surface area (Å²) in [4.78, 5) is 19.7. The summed E-state index contributed by atoms with van der Waals surface area (Å²) in [7, 11) is 0.